The second-order valence-corrected chi connectivity index (χ2v) is 8.15. The number of benzene rings is 2. The van der Waals surface area contributed by atoms with Gasteiger partial charge in [-0.25, -0.2) is 4.98 Å². The maximum Gasteiger partial charge on any atom is 0.273 e. The van der Waals surface area contributed by atoms with Gasteiger partial charge in [-0.3, -0.25) is 14.7 Å². The first kappa shape index (κ1) is 18.8. The number of amides is 1. The van der Waals surface area contributed by atoms with Crippen molar-refractivity contribution in [3.8, 4) is 11.5 Å². The number of fused-ring (bicyclic) bond motifs is 2. The maximum atomic E-state index is 13.5. The molecule has 0 radical (unpaired) electrons. The second-order valence-electron chi connectivity index (χ2n) is 6.73. The summed E-state index contributed by atoms with van der Waals surface area (Å²) in [6.07, 6.45) is 2.65. The Labute approximate surface area is 181 Å². The van der Waals surface area contributed by atoms with E-state index in [1.807, 2.05) is 42.5 Å². The van der Waals surface area contributed by atoms with Gasteiger partial charge in [-0.05, 0) is 35.9 Å². The lowest BCUT2D eigenvalue weighted by Gasteiger charge is -2.29. The zero-order valence-electron chi connectivity index (χ0n) is 15.7. The Balaban J connectivity index is 1.50. The van der Waals surface area contributed by atoms with Crippen LogP contribution in [0.3, 0.4) is 0 Å². The number of rotatable bonds is 4. The number of hydrogen-bond donors (Lipinski definition) is 0. The van der Waals surface area contributed by atoms with Crippen molar-refractivity contribution in [3.05, 3.63) is 77.6 Å². The average Bonchev–Trinajstić information content (AvgIpc) is 3.23. The fourth-order valence-corrected chi connectivity index (χ4v) is 4.52. The molecule has 0 aliphatic carbocycles. The predicted octanol–water partition coefficient (Wildman–Crippen LogP) is 4.72. The van der Waals surface area contributed by atoms with Crippen molar-refractivity contribution >= 4 is 44.2 Å². The van der Waals surface area contributed by atoms with Gasteiger partial charge >= 0.3 is 0 Å². The Hall–Kier alpha value is -3.16. The van der Waals surface area contributed by atoms with Gasteiger partial charge in [0.15, 0.2) is 16.6 Å². The van der Waals surface area contributed by atoms with Crippen LogP contribution in [-0.4, -0.2) is 28.6 Å². The molecule has 1 atom stereocenters. The third kappa shape index (κ3) is 3.58. The van der Waals surface area contributed by atoms with Crippen LogP contribution in [0.4, 0.5) is 5.13 Å². The van der Waals surface area contributed by atoms with Gasteiger partial charge in [-0.15, -0.1) is 0 Å². The number of halogens is 1. The third-order valence-corrected chi connectivity index (χ3v) is 6.05. The topological polar surface area (TPSA) is 64.6 Å². The highest BCUT2D eigenvalue weighted by Gasteiger charge is 2.33. The van der Waals surface area contributed by atoms with Gasteiger partial charge in [-0.1, -0.05) is 47.2 Å². The molecule has 8 heteroatoms. The normalized spacial score (nSPS) is 15.2. The van der Waals surface area contributed by atoms with Crippen LogP contribution in [0.1, 0.15) is 5.56 Å². The molecule has 0 bridgehead atoms. The first-order chi connectivity index (χ1) is 14.7. The number of thiazole rings is 1. The van der Waals surface area contributed by atoms with Crippen LogP contribution in [0.15, 0.2) is 67.0 Å². The quantitative estimate of drug-likeness (QED) is 0.462. The van der Waals surface area contributed by atoms with Crippen molar-refractivity contribution in [1.82, 2.24) is 9.97 Å². The number of anilines is 1. The zero-order valence-corrected chi connectivity index (χ0v) is 17.3. The fraction of sp³-hybridized carbons (Fsp3) is 0.136. The van der Waals surface area contributed by atoms with E-state index in [0.717, 1.165) is 10.3 Å². The highest BCUT2D eigenvalue weighted by molar-refractivity contribution is 7.22. The fourth-order valence-electron chi connectivity index (χ4n) is 3.25. The minimum absolute atomic E-state index is 0.130. The Morgan fingerprint density at radius 1 is 1.13 bits per heavy atom. The molecule has 5 rings (SSSR count). The highest BCUT2D eigenvalue weighted by atomic mass is 35.5. The lowest BCUT2D eigenvalue weighted by atomic mass is 10.2. The van der Waals surface area contributed by atoms with E-state index >= 15 is 0 Å². The summed E-state index contributed by atoms with van der Waals surface area (Å²) in [6, 6.07) is 16.7. The van der Waals surface area contributed by atoms with Gasteiger partial charge in [-0.2, -0.15) is 0 Å². The van der Waals surface area contributed by atoms with E-state index in [1.54, 1.807) is 29.4 Å². The molecular formula is C22H16ClN3O3S. The van der Waals surface area contributed by atoms with E-state index in [0.29, 0.717) is 33.7 Å². The molecule has 2 aromatic heterocycles. The number of para-hydroxylation sites is 3. The summed E-state index contributed by atoms with van der Waals surface area (Å²) >= 11 is 7.72. The Bertz CT molecular complexity index is 1210. The first-order valence-electron chi connectivity index (χ1n) is 9.33. The van der Waals surface area contributed by atoms with Gasteiger partial charge in [0.2, 0.25) is 6.10 Å². The molecule has 0 spiro atoms. The Morgan fingerprint density at radius 2 is 2.00 bits per heavy atom. The van der Waals surface area contributed by atoms with E-state index in [-0.39, 0.29) is 12.5 Å². The van der Waals surface area contributed by atoms with E-state index in [9.17, 15) is 4.79 Å². The molecule has 6 nitrogen and oxygen atoms in total. The van der Waals surface area contributed by atoms with E-state index in [2.05, 4.69) is 9.97 Å². The smallest absolute Gasteiger partial charge is 0.273 e. The van der Waals surface area contributed by atoms with Gasteiger partial charge in [0.25, 0.3) is 5.91 Å². The lowest BCUT2D eigenvalue weighted by Crippen LogP contribution is -2.46. The summed E-state index contributed by atoms with van der Waals surface area (Å²) in [5, 5.41) is 1.10. The number of aromatic nitrogens is 2. The largest absolute Gasteiger partial charge is 0.485 e. The number of carbonyl (C=O) groups excluding carboxylic acids is 1. The number of pyridine rings is 1. The summed E-state index contributed by atoms with van der Waals surface area (Å²) in [5.41, 5.74) is 1.56. The second kappa shape index (κ2) is 7.93. The molecule has 1 aliphatic rings. The van der Waals surface area contributed by atoms with E-state index in [4.69, 9.17) is 21.1 Å². The number of hydrogen-bond acceptors (Lipinski definition) is 6. The van der Waals surface area contributed by atoms with Gasteiger partial charge in [0.05, 0.1) is 16.3 Å². The SMILES string of the molecule is O=C(C1COc2ccccc2O1)N(Cc1cccnc1)c1nc2c(Cl)cccc2s1. The minimum Gasteiger partial charge on any atom is -0.485 e. The molecule has 1 amide bonds. The Morgan fingerprint density at radius 3 is 2.80 bits per heavy atom. The number of nitrogens with zero attached hydrogens (tertiary/aromatic N) is 3. The van der Waals surface area contributed by atoms with Crippen LogP contribution in [0, 0.1) is 0 Å². The summed E-state index contributed by atoms with van der Waals surface area (Å²) < 4.78 is 12.6. The molecule has 1 unspecified atom stereocenters. The van der Waals surface area contributed by atoms with Crippen LogP contribution >= 0.6 is 22.9 Å². The van der Waals surface area contributed by atoms with E-state index < -0.39 is 6.10 Å². The number of carbonyl (C=O) groups is 1. The third-order valence-electron chi connectivity index (χ3n) is 4.70. The standard InChI is InChI=1S/C22H16ClN3O3S/c23-15-6-3-9-19-20(15)25-22(30-19)26(12-14-5-4-10-24-11-14)21(27)18-13-28-16-7-1-2-8-17(16)29-18/h1-11,18H,12-13H2. The molecule has 1 aliphatic heterocycles. The minimum atomic E-state index is -0.779. The van der Waals surface area contributed by atoms with Crippen molar-refractivity contribution < 1.29 is 14.3 Å². The Kier molecular flexibility index (Phi) is 4.98. The van der Waals surface area contributed by atoms with Crippen LogP contribution in [0.5, 0.6) is 11.5 Å². The van der Waals surface area contributed by atoms with Crippen molar-refractivity contribution in [2.24, 2.45) is 0 Å². The van der Waals surface area contributed by atoms with Crippen molar-refractivity contribution in [2.75, 3.05) is 11.5 Å². The van der Waals surface area contributed by atoms with Crippen molar-refractivity contribution in [2.45, 2.75) is 12.6 Å². The van der Waals surface area contributed by atoms with Gasteiger partial charge in [0, 0.05) is 12.4 Å². The molecule has 0 saturated carbocycles. The average molecular weight is 438 g/mol. The zero-order chi connectivity index (χ0) is 20.5. The van der Waals surface area contributed by atoms with Gasteiger partial charge in [0.1, 0.15) is 12.1 Å². The molecule has 4 aromatic rings. The number of ether oxygens (including phenoxy) is 2. The molecule has 3 heterocycles. The summed E-state index contributed by atoms with van der Waals surface area (Å²) in [5.74, 6) is 0.950. The molecule has 0 N–H and O–H groups in total. The first-order valence-corrected chi connectivity index (χ1v) is 10.5. The maximum absolute atomic E-state index is 13.5. The molecule has 0 fully saturated rings. The molecular weight excluding hydrogens is 422 g/mol. The molecule has 2 aromatic carbocycles. The monoisotopic (exact) mass is 437 g/mol. The van der Waals surface area contributed by atoms with Crippen LogP contribution < -0.4 is 14.4 Å². The molecule has 150 valence electrons. The lowest BCUT2D eigenvalue weighted by molar-refractivity contribution is -0.127. The highest BCUT2D eigenvalue weighted by Crippen LogP contribution is 2.35. The predicted molar refractivity (Wildman–Crippen MR) is 116 cm³/mol. The van der Waals surface area contributed by atoms with Crippen molar-refractivity contribution in [1.29, 1.82) is 0 Å². The van der Waals surface area contributed by atoms with Crippen LogP contribution in [0.2, 0.25) is 5.02 Å². The summed E-state index contributed by atoms with van der Waals surface area (Å²) in [4.78, 5) is 23.9. The molecule has 0 saturated heterocycles. The van der Waals surface area contributed by atoms with Crippen LogP contribution in [-0.2, 0) is 11.3 Å². The van der Waals surface area contributed by atoms with E-state index in [1.165, 1.54) is 11.3 Å². The summed E-state index contributed by atoms with van der Waals surface area (Å²) in [7, 11) is 0. The summed E-state index contributed by atoms with van der Waals surface area (Å²) in [6.45, 7) is 0.441. The van der Waals surface area contributed by atoms with Crippen molar-refractivity contribution in [3.63, 3.8) is 0 Å². The molecule has 30 heavy (non-hydrogen) atoms. The van der Waals surface area contributed by atoms with Crippen LogP contribution in [0.25, 0.3) is 10.2 Å². The van der Waals surface area contributed by atoms with Gasteiger partial charge < -0.3 is 9.47 Å².